The van der Waals surface area contributed by atoms with Crippen LogP contribution in [0.4, 0.5) is 0 Å². The first-order valence-electron chi connectivity index (χ1n) is 6.88. The molecule has 18 heavy (non-hydrogen) atoms. The molecule has 0 spiro atoms. The highest BCUT2D eigenvalue weighted by Crippen LogP contribution is 2.29. The van der Waals surface area contributed by atoms with Crippen molar-refractivity contribution in [3.05, 3.63) is 46.0 Å². The summed E-state index contributed by atoms with van der Waals surface area (Å²) in [6.45, 7) is 2.06. The van der Waals surface area contributed by atoms with Gasteiger partial charge in [-0.1, -0.05) is 42.2 Å². The Morgan fingerprint density at radius 2 is 1.89 bits per heavy atom. The van der Waals surface area contributed by atoms with E-state index in [9.17, 15) is 0 Å². The van der Waals surface area contributed by atoms with E-state index >= 15 is 0 Å². The number of allylic oxidation sites excluding steroid dienone is 1. The van der Waals surface area contributed by atoms with Crippen LogP contribution in [-0.2, 0) is 0 Å². The van der Waals surface area contributed by atoms with Crippen LogP contribution in [0.15, 0.2) is 29.8 Å². The molecule has 1 aliphatic carbocycles. The number of hydrogen-bond donors (Lipinski definition) is 1. The first-order chi connectivity index (χ1) is 8.66. The molecule has 1 nitrogen and oxygen atoms in total. The molecule has 0 saturated heterocycles. The smallest absolute Gasteiger partial charge is 0.0511 e. The predicted octanol–water partition coefficient (Wildman–Crippen LogP) is 4.93. The standard InChI is InChI=1S/C16H22ClN/c1-12-9-14(11-15(17)10-12)16(18)13-7-5-3-2-4-6-8-13/h7,9-11,16H,2-6,8,18H2,1H3/b13-7+. The van der Waals surface area contributed by atoms with Crippen molar-refractivity contribution in [3.8, 4) is 0 Å². The highest BCUT2D eigenvalue weighted by atomic mass is 35.5. The van der Waals surface area contributed by atoms with Crippen molar-refractivity contribution >= 4 is 11.6 Å². The van der Waals surface area contributed by atoms with Gasteiger partial charge in [-0.15, -0.1) is 0 Å². The lowest BCUT2D eigenvalue weighted by molar-refractivity contribution is 0.602. The fourth-order valence-corrected chi connectivity index (χ4v) is 2.96. The van der Waals surface area contributed by atoms with E-state index in [2.05, 4.69) is 19.1 Å². The lowest BCUT2D eigenvalue weighted by Gasteiger charge is -2.19. The summed E-state index contributed by atoms with van der Waals surface area (Å²) in [5.74, 6) is 0. The fourth-order valence-electron chi connectivity index (χ4n) is 2.66. The van der Waals surface area contributed by atoms with Crippen LogP contribution < -0.4 is 5.73 Å². The van der Waals surface area contributed by atoms with Gasteiger partial charge in [-0.25, -0.2) is 0 Å². The predicted molar refractivity (Wildman–Crippen MR) is 78.9 cm³/mol. The van der Waals surface area contributed by atoms with Crippen LogP contribution in [0.3, 0.4) is 0 Å². The number of rotatable bonds is 2. The van der Waals surface area contributed by atoms with E-state index in [-0.39, 0.29) is 6.04 Å². The Balaban J connectivity index is 2.20. The molecule has 98 valence electrons. The summed E-state index contributed by atoms with van der Waals surface area (Å²) < 4.78 is 0. The number of benzene rings is 1. The summed E-state index contributed by atoms with van der Waals surface area (Å²) in [6.07, 6.45) is 9.90. The minimum atomic E-state index is 0.0144. The van der Waals surface area contributed by atoms with E-state index in [0.717, 1.165) is 17.0 Å². The number of hydrogen-bond acceptors (Lipinski definition) is 1. The average Bonchev–Trinajstić information content (AvgIpc) is 2.26. The van der Waals surface area contributed by atoms with E-state index < -0.39 is 0 Å². The molecule has 1 aromatic carbocycles. The SMILES string of the molecule is Cc1cc(Cl)cc(C(N)/C2=C/CCCCCC2)c1. The molecule has 0 fully saturated rings. The van der Waals surface area contributed by atoms with Crippen molar-refractivity contribution < 1.29 is 0 Å². The Labute approximate surface area is 115 Å². The van der Waals surface area contributed by atoms with Gasteiger partial charge in [0, 0.05) is 5.02 Å². The minimum absolute atomic E-state index is 0.0144. The molecular weight excluding hydrogens is 242 g/mol. The van der Waals surface area contributed by atoms with Gasteiger partial charge in [0.2, 0.25) is 0 Å². The third-order valence-corrected chi connectivity index (χ3v) is 3.87. The second-order valence-corrected chi connectivity index (χ2v) is 5.71. The van der Waals surface area contributed by atoms with Crippen LogP contribution >= 0.6 is 11.6 Å². The zero-order valence-electron chi connectivity index (χ0n) is 11.1. The first-order valence-corrected chi connectivity index (χ1v) is 7.26. The summed E-state index contributed by atoms with van der Waals surface area (Å²) >= 11 is 6.12. The number of nitrogens with two attached hydrogens (primary N) is 1. The normalized spacial score (nSPS) is 21.6. The van der Waals surface area contributed by atoms with Gasteiger partial charge in [-0.2, -0.15) is 0 Å². The first kappa shape index (κ1) is 13.6. The van der Waals surface area contributed by atoms with Gasteiger partial charge >= 0.3 is 0 Å². The largest absolute Gasteiger partial charge is 0.321 e. The molecule has 2 heteroatoms. The van der Waals surface area contributed by atoms with Crippen LogP contribution in [0.5, 0.6) is 0 Å². The van der Waals surface area contributed by atoms with Crippen LogP contribution in [0.2, 0.25) is 5.02 Å². The molecule has 2 rings (SSSR count). The Kier molecular flexibility index (Phi) is 4.85. The van der Waals surface area contributed by atoms with Crippen LogP contribution in [0, 0.1) is 6.92 Å². The molecule has 2 N–H and O–H groups in total. The topological polar surface area (TPSA) is 26.0 Å². The molecule has 1 aromatic rings. The van der Waals surface area contributed by atoms with Crippen LogP contribution in [0.25, 0.3) is 0 Å². The molecule has 1 atom stereocenters. The Hall–Kier alpha value is -0.790. The Bertz CT molecular complexity index is 416. The van der Waals surface area contributed by atoms with Crippen LogP contribution in [-0.4, -0.2) is 0 Å². The summed E-state index contributed by atoms with van der Waals surface area (Å²) in [6, 6.07) is 6.14. The summed E-state index contributed by atoms with van der Waals surface area (Å²) in [5, 5.41) is 0.784. The molecule has 0 radical (unpaired) electrons. The molecular formula is C16H22ClN. The van der Waals surface area contributed by atoms with Crippen molar-refractivity contribution in [3.63, 3.8) is 0 Å². The van der Waals surface area contributed by atoms with Crippen molar-refractivity contribution in [1.29, 1.82) is 0 Å². The Morgan fingerprint density at radius 1 is 1.11 bits per heavy atom. The molecule has 0 heterocycles. The van der Waals surface area contributed by atoms with Gasteiger partial charge in [0.1, 0.15) is 0 Å². The van der Waals surface area contributed by atoms with Gasteiger partial charge in [-0.3, -0.25) is 0 Å². The third kappa shape index (κ3) is 3.60. The van der Waals surface area contributed by atoms with Crippen molar-refractivity contribution in [2.75, 3.05) is 0 Å². The second kappa shape index (κ2) is 6.40. The van der Waals surface area contributed by atoms with E-state index in [1.807, 2.05) is 12.1 Å². The summed E-state index contributed by atoms with van der Waals surface area (Å²) in [7, 11) is 0. The molecule has 0 bridgehead atoms. The zero-order valence-corrected chi connectivity index (χ0v) is 11.8. The van der Waals surface area contributed by atoms with Crippen molar-refractivity contribution in [2.45, 2.75) is 51.5 Å². The third-order valence-electron chi connectivity index (χ3n) is 3.65. The van der Waals surface area contributed by atoms with E-state index in [4.69, 9.17) is 17.3 Å². The molecule has 1 unspecified atom stereocenters. The number of aryl methyl sites for hydroxylation is 1. The Morgan fingerprint density at radius 3 is 2.67 bits per heavy atom. The van der Waals surface area contributed by atoms with Crippen LogP contribution in [0.1, 0.15) is 55.7 Å². The van der Waals surface area contributed by atoms with Gasteiger partial charge in [-0.05, 0) is 55.9 Å². The fraction of sp³-hybridized carbons (Fsp3) is 0.500. The number of halogens is 1. The lowest BCUT2D eigenvalue weighted by atomic mass is 9.91. The molecule has 0 aromatic heterocycles. The van der Waals surface area contributed by atoms with Crippen molar-refractivity contribution in [2.24, 2.45) is 5.73 Å². The zero-order chi connectivity index (χ0) is 13.0. The molecule has 0 amide bonds. The van der Waals surface area contributed by atoms with Gasteiger partial charge in [0.05, 0.1) is 6.04 Å². The maximum absolute atomic E-state index is 6.40. The highest BCUT2D eigenvalue weighted by Gasteiger charge is 2.13. The van der Waals surface area contributed by atoms with Gasteiger partial charge in [0.15, 0.2) is 0 Å². The lowest BCUT2D eigenvalue weighted by Crippen LogP contribution is -2.14. The van der Waals surface area contributed by atoms with Gasteiger partial charge < -0.3 is 5.73 Å². The van der Waals surface area contributed by atoms with E-state index in [1.54, 1.807) is 0 Å². The van der Waals surface area contributed by atoms with E-state index in [1.165, 1.54) is 43.2 Å². The molecule has 0 aliphatic heterocycles. The maximum atomic E-state index is 6.40. The minimum Gasteiger partial charge on any atom is -0.321 e. The van der Waals surface area contributed by atoms with E-state index in [0.29, 0.717) is 0 Å². The second-order valence-electron chi connectivity index (χ2n) is 5.27. The average molecular weight is 264 g/mol. The quantitative estimate of drug-likeness (QED) is 0.753. The highest BCUT2D eigenvalue weighted by molar-refractivity contribution is 6.30. The maximum Gasteiger partial charge on any atom is 0.0511 e. The summed E-state index contributed by atoms with van der Waals surface area (Å²) in [4.78, 5) is 0. The molecule has 1 aliphatic rings. The van der Waals surface area contributed by atoms with Gasteiger partial charge in [0.25, 0.3) is 0 Å². The van der Waals surface area contributed by atoms with Crippen molar-refractivity contribution in [1.82, 2.24) is 0 Å². The molecule has 0 saturated carbocycles. The monoisotopic (exact) mass is 263 g/mol. The summed E-state index contributed by atoms with van der Waals surface area (Å²) in [5.41, 5.74) is 10.1.